The third kappa shape index (κ3) is 2.32. The number of para-hydroxylation sites is 2. The smallest absolute Gasteiger partial charge is 0.209 e. The van der Waals surface area contributed by atoms with Gasteiger partial charge in [-0.05, 0) is 64.8 Å². The van der Waals surface area contributed by atoms with Crippen LogP contribution in [0.4, 0.5) is 11.4 Å². The number of anilines is 2. The molecule has 0 saturated carbocycles. The van der Waals surface area contributed by atoms with Crippen molar-refractivity contribution >= 4 is 11.4 Å². The minimum absolute atomic E-state index is 0.0819. The fourth-order valence-electron chi connectivity index (χ4n) is 3.24. The standard InChI is InChI=1S/C21H26N2/c1-16-11-7-9-13-18(16)22-15-23(21(5,6)20(22,3)4)19-14-10-8-12-17(19)2/h7-14H,1-6H3. The zero-order valence-electron chi connectivity index (χ0n) is 15.0. The van der Waals surface area contributed by atoms with Crippen LogP contribution in [0.15, 0.2) is 48.5 Å². The number of nitrogens with zero attached hydrogens (tertiary/aromatic N) is 2. The second-order valence-electron chi connectivity index (χ2n) is 7.46. The van der Waals surface area contributed by atoms with Gasteiger partial charge in [-0.3, -0.25) is 0 Å². The number of hydrogen-bond acceptors (Lipinski definition) is 2. The fraction of sp³-hybridized carbons (Fsp3) is 0.381. The summed E-state index contributed by atoms with van der Waals surface area (Å²) in [5.74, 6) is 0. The first-order valence-corrected chi connectivity index (χ1v) is 8.25. The summed E-state index contributed by atoms with van der Waals surface area (Å²) in [5, 5.41) is 0. The topological polar surface area (TPSA) is 6.48 Å². The van der Waals surface area contributed by atoms with Crippen LogP contribution in [0.1, 0.15) is 38.8 Å². The molecule has 0 aromatic heterocycles. The molecule has 1 heterocycles. The molecule has 1 saturated heterocycles. The number of aryl methyl sites for hydroxylation is 2. The Hall–Kier alpha value is -1.96. The van der Waals surface area contributed by atoms with Crippen LogP contribution < -0.4 is 9.80 Å². The Morgan fingerprint density at radius 2 is 1.00 bits per heavy atom. The minimum atomic E-state index is -0.0819. The number of rotatable bonds is 2. The molecule has 2 heteroatoms. The van der Waals surface area contributed by atoms with Gasteiger partial charge in [0.25, 0.3) is 0 Å². The van der Waals surface area contributed by atoms with E-state index >= 15 is 0 Å². The summed E-state index contributed by atoms with van der Waals surface area (Å²) < 4.78 is 0. The maximum Gasteiger partial charge on any atom is 0.209 e. The number of hydrogen-bond donors (Lipinski definition) is 0. The molecule has 0 spiro atoms. The molecule has 0 aliphatic carbocycles. The normalized spacial score (nSPS) is 19.2. The van der Waals surface area contributed by atoms with E-state index in [4.69, 9.17) is 0 Å². The van der Waals surface area contributed by atoms with Gasteiger partial charge in [0.2, 0.25) is 6.67 Å². The van der Waals surface area contributed by atoms with Gasteiger partial charge in [-0.25, -0.2) is 0 Å². The van der Waals surface area contributed by atoms with Gasteiger partial charge >= 0.3 is 0 Å². The largest absolute Gasteiger partial charge is 0.333 e. The van der Waals surface area contributed by atoms with Gasteiger partial charge < -0.3 is 9.80 Å². The van der Waals surface area contributed by atoms with Crippen LogP contribution >= 0.6 is 0 Å². The second kappa shape index (κ2) is 5.30. The summed E-state index contributed by atoms with van der Waals surface area (Å²) in [4.78, 5) is 4.60. The molecule has 3 rings (SSSR count). The summed E-state index contributed by atoms with van der Waals surface area (Å²) in [6, 6.07) is 17.1. The fourth-order valence-corrected chi connectivity index (χ4v) is 3.24. The van der Waals surface area contributed by atoms with Crippen LogP contribution in [0.2, 0.25) is 0 Å². The second-order valence-corrected chi connectivity index (χ2v) is 7.46. The van der Waals surface area contributed by atoms with Gasteiger partial charge in [-0.15, -0.1) is 0 Å². The molecule has 1 aliphatic heterocycles. The van der Waals surface area contributed by atoms with Crippen LogP contribution in [-0.2, 0) is 0 Å². The molecule has 23 heavy (non-hydrogen) atoms. The Bertz CT molecular complexity index is 654. The average molecular weight is 306 g/mol. The quantitative estimate of drug-likeness (QED) is 0.754. The van der Waals surface area contributed by atoms with Gasteiger partial charge in [-0.1, -0.05) is 36.4 Å². The maximum atomic E-state index is 3.65. The van der Waals surface area contributed by atoms with Gasteiger partial charge in [-0.2, -0.15) is 0 Å². The molecule has 0 bridgehead atoms. The molecule has 2 aromatic carbocycles. The highest BCUT2D eigenvalue weighted by molar-refractivity contribution is 5.68. The molecule has 0 N–H and O–H groups in total. The highest BCUT2D eigenvalue weighted by Crippen LogP contribution is 2.47. The average Bonchev–Trinajstić information content (AvgIpc) is 2.67. The first kappa shape index (κ1) is 15.9. The molecule has 1 aliphatic rings. The van der Waals surface area contributed by atoms with E-state index in [9.17, 15) is 0 Å². The van der Waals surface area contributed by atoms with E-state index in [-0.39, 0.29) is 11.1 Å². The monoisotopic (exact) mass is 306 g/mol. The van der Waals surface area contributed by atoms with E-state index in [0.29, 0.717) is 0 Å². The predicted octanol–water partition coefficient (Wildman–Crippen LogP) is 5.18. The molecular formula is C21H26N2. The van der Waals surface area contributed by atoms with Crippen molar-refractivity contribution in [1.82, 2.24) is 0 Å². The van der Waals surface area contributed by atoms with Crippen LogP contribution in [-0.4, -0.2) is 11.1 Å². The summed E-state index contributed by atoms with van der Waals surface area (Å²) in [7, 11) is 0. The third-order valence-electron chi connectivity index (χ3n) is 5.53. The zero-order chi connectivity index (χ0) is 16.8. The van der Waals surface area contributed by atoms with Gasteiger partial charge in [0.1, 0.15) is 0 Å². The molecule has 120 valence electrons. The van der Waals surface area contributed by atoms with E-state index in [1.165, 1.54) is 22.5 Å². The SMILES string of the molecule is Cc1ccccc1N1[C]N(c2ccccc2C)C(C)(C)C1(C)C. The summed E-state index contributed by atoms with van der Waals surface area (Å²) >= 11 is 0. The lowest BCUT2D eigenvalue weighted by atomic mass is 9.81. The molecule has 2 aromatic rings. The molecule has 2 radical (unpaired) electrons. The first-order valence-electron chi connectivity index (χ1n) is 8.25. The van der Waals surface area contributed by atoms with Gasteiger partial charge in [0.15, 0.2) is 0 Å². The van der Waals surface area contributed by atoms with Crippen molar-refractivity contribution in [3.8, 4) is 0 Å². The molecule has 0 unspecified atom stereocenters. The first-order chi connectivity index (χ1) is 10.8. The maximum absolute atomic E-state index is 3.65. The van der Waals surface area contributed by atoms with Crippen molar-refractivity contribution in [2.75, 3.05) is 9.80 Å². The lowest BCUT2D eigenvalue weighted by Crippen LogP contribution is -2.54. The van der Waals surface area contributed by atoms with Crippen molar-refractivity contribution in [3.63, 3.8) is 0 Å². The van der Waals surface area contributed by atoms with Crippen LogP contribution in [0.5, 0.6) is 0 Å². The molecule has 0 amide bonds. The summed E-state index contributed by atoms with van der Waals surface area (Å²) in [6.45, 7) is 17.2. The third-order valence-corrected chi connectivity index (χ3v) is 5.53. The molecular weight excluding hydrogens is 280 g/mol. The highest BCUT2D eigenvalue weighted by Gasteiger charge is 2.54. The summed E-state index contributed by atoms with van der Waals surface area (Å²) in [6.07, 6.45) is 0. The number of benzene rings is 2. The van der Waals surface area contributed by atoms with E-state index in [2.05, 4.69) is 107 Å². The highest BCUT2D eigenvalue weighted by atomic mass is 15.5. The minimum Gasteiger partial charge on any atom is -0.333 e. The Balaban J connectivity index is 2.10. The van der Waals surface area contributed by atoms with E-state index in [1.807, 2.05) is 0 Å². The van der Waals surface area contributed by atoms with Gasteiger partial charge in [0, 0.05) is 11.4 Å². The molecule has 0 atom stereocenters. The van der Waals surface area contributed by atoms with E-state index < -0.39 is 0 Å². The zero-order valence-corrected chi connectivity index (χ0v) is 15.0. The van der Waals surface area contributed by atoms with Crippen LogP contribution in [0, 0.1) is 20.5 Å². The van der Waals surface area contributed by atoms with Crippen molar-refractivity contribution < 1.29 is 0 Å². The lowest BCUT2D eigenvalue weighted by molar-refractivity contribution is 0.344. The lowest BCUT2D eigenvalue weighted by Gasteiger charge is -2.43. The Labute approximate surface area is 140 Å². The Kier molecular flexibility index (Phi) is 3.66. The van der Waals surface area contributed by atoms with Gasteiger partial charge in [0.05, 0.1) is 11.1 Å². The van der Waals surface area contributed by atoms with Crippen LogP contribution in [0.25, 0.3) is 0 Å². The van der Waals surface area contributed by atoms with Crippen molar-refractivity contribution in [2.45, 2.75) is 52.6 Å². The molecule has 2 nitrogen and oxygen atoms in total. The molecule has 1 fully saturated rings. The van der Waals surface area contributed by atoms with Crippen LogP contribution in [0.3, 0.4) is 0 Å². The summed E-state index contributed by atoms with van der Waals surface area (Å²) in [5.41, 5.74) is 4.83. The Morgan fingerprint density at radius 3 is 1.35 bits per heavy atom. The van der Waals surface area contributed by atoms with E-state index in [0.717, 1.165) is 0 Å². The van der Waals surface area contributed by atoms with Crippen molar-refractivity contribution in [1.29, 1.82) is 0 Å². The predicted molar refractivity (Wildman–Crippen MR) is 98.7 cm³/mol. The van der Waals surface area contributed by atoms with E-state index in [1.54, 1.807) is 0 Å². The van der Waals surface area contributed by atoms with Crippen molar-refractivity contribution in [3.05, 3.63) is 66.3 Å². The Morgan fingerprint density at radius 1 is 0.652 bits per heavy atom. The van der Waals surface area contributed by atoms with Crippen molar-refractivity contribution in [2.24, 2.45) is 0 Å².